The molecule has 0 heterocycles. The normalized spacial score (nSPS) is 16.2. The summed E-state index contributed by atoms with van der Waals surface area (Å²) in [5.74, 6) is -1.53. The molecule has 0 fully saturated rings. The topological polar surface area (TPSA) is 113 Å². The third-order valence-electron chi connectivity index (χ3n) is 2.56. The Balaban J connectivity index is 3.85. The lowest BCUT2D eigenvalue weighted by Gasteiger charge is -2.17. The van der Waals surface area contributed by atoms with Crippen molar-refractivity contribution in [3.8, 4) is 0 Å². The highest BCUT2D eigenvalue weighted by Gasteiger charge is 2.19. The lowest BCUT2D eigenvalue weighted by atomic mass is 9.99. The van der Waals surface area contributed by atoms with Crippen molar-refractivity contribution in [2.75, 3.05) is 6.54 Å². The summed E-state index contributed by atoms with van der Waals surface area (Å²) in [6.07, 6.45) is -0.666. The summed E-state index contributed by atoms with van der Waals surface area (Å²) in [5.41, 5.74) is 5.66. The van der Waals surface area contributed by atoms with E-state index in [4.69, 9.17) is 15.9 Å². The number of hydrogen-bond acceptors (Lipinski definition) is 4. The summed E-state index contributed by atoms with van der Waals surface area (Å²) in [7, 11) is 0. The Kier molecular flexibility index (Phi) is 6.67. The van der Waals surface area contributed by atoms with E-state index in [9.17, 15) is 9.59 Å². The van der Waals surface area contributed by atoms with Gasteiger partial charge in [0.15, 0.2) is 6.10 Å². The molecule has 0 aromatic heterocycles. The fraction of sp³-hybridized carbons (Fsp3) is 0.800. The molecule has 2 unspecified atom stereocenters. The number of nitrogens with one attached hydrogen (secondary N) is 1. The first-order chi connectivity index (χ1) is 7.40. The van der Waals surface area contributed by atoms with Gasteiger partial charge in [-0.15, -0.1) is 0 Å². The second-order valence-corrected chi connectivity index (χ2v) is 3.85. The number of aliphatic carboxylic acids is 1. The Hall–Kier alpha value is -1.14. The van der Waals surface area contributed by atoms with E-state index in [2.05, 4.69) is 5.32 Å². The fourth-order valence-electron chi connectivity index (χ4n) is 1.09. The van der Waals surface area contributed by atoms with Crippen molar-refractivity contribution >= 4 is 11.9 Å². The highest BCUT2D eigenvalue weighted by Crippen LogP contribution is 2.04. The van der Waals surface area contributed by atoms with Crippen LogP contribution in [0.25, 0.3) is 0 Å². The number of nitrogens with two attached hydrogens (primary N) is 1. The van der Waals surface area contributed by atoms with E-state index >= 15 is 0 Å². The molecule has 1 amide bonds. The van der Waals surface area contributed by atoms with Gasteiger partial charge in [-0.25, -0.2) is 4.79 Å². The maximum absolute atomic E-state index is 11.4. The van der Waals surface area contributed by atoms with Crippen LogP contribution in [0.15, 0.2) is 0 Å². The number of rotatable bonds is 7. The first-order valence-electron chi connectivity index (χ1n) is 5.34. The number of carboxylic acid groups (broad SMARTS) is 1. The van der Waals surface area contributed by atoms with Gasteiger partial charge in [0.25, 0.3) is 0 Å². The molecule has 0 spiro atoms. The van der Waals surface area contributed by atoms with Crippen molar-refractivity contribution in [2.24, 2.45) is 11.7 Å². The second kappa shape index (κ2) is 7.19. The predicted octanol–water partition coefficient (Wildman–Crippen LogP) is -0.688. The van der Waals surface area contributed by atoms with Crippen molar-refractivity contribution < 1.29 is 19.8 Å². The molecular weight excluding hydrogens is 212 g/mol. The van der Waals surface area contributed by atoms with Crippen LogP contribution in [0, 0.1) is 5.92 Å². The molecule has 3 atom stereocenters. The third-order valence-corrected chi connectivity index (χ3v) is 2.56. The molecule has 94 valence electrons. The summed E-state index contributed by atoms with van der Waals surface area (Å²) in [5, 5.41) is 19.8. The zero-order valence-electron chi connectivity index (χ0n) is 9.64. The molecular formula is C10H20N2O4. The Bertz CT molecular complexity index is 245. The van der Waals surface area contributed by atoms with Crippen LogP contribution in [0.4, 0.5) is 0 Å². The summed E-state index contributed by atoms with van der Waals surface area (Å²) in [6.45, 7) is 3.92. The van der Waals surface area contributed by atoms with Crippen molar-refractivity contribution in [3.05, 3.63) is 0 Å². The van der Waals surface area contributed by atoms with Crippen molar-refractivity contribution in [2.45, 2.75) is 38.8 Å². The lowest BCUT2D eigenvalue weighted by Crippen LogP contribution is -2.45. The highest BCUT2D eigenvalue weighted by molar-refractivity contribution is 5.81. The number of aliphatic hydroxyl groups excluding tert-OH is 1. The van der Waals surface area contributed by atoms with E-state index in [1.165, 1.54) is 0 Å². The fourth-order valence-corrected chi connectivity index (χ4v) is 1.09. The highest BCUT2D eigenvalue weighted by atomic mass is 16.4. The average Bonchev–Trinajstić information content (AvgIpc) is 2.26. The molecule has 0 aliphatic carbocycles. The molecule has 0 saturated carbocycles. The summed E-state index contributed by atoms with van der Waals surface area (Å²) >= 11 is 0. The standard InChI is InChI=1S/C10H20N2O4/c1-3-6(2)8(11)9(14)12-5-4-7(13)10(15)16/h6-8,13H,3-5,11H2,1-2H3,(H,12,14)(H,15,16)/t6?,7-,8?/m0/s1. The maximum Gasteiger partial charge on any atom is 0.332 e. The van der Waals surface area contributed by atoms with Crippen LogP contribution < -0.4 is 11.1 Å². The molecule has 6 nitrogen and oxygen atoms in total. The monoisotopic (exact) mass is 232 g/mol. The zero-order valence-corrected chi connectivity index (χ0v) is 9.64. The number of amides is 1. The molecule has 0 aliphatic rings. The van der Waals surface area contributed by atoms with Gasteiger partial charge >= 0.3 is 5.97 Å². The molecule has 6 heteroatoms. The van der Waals surface area contributed by atoms with Gasteiger partial charge in [0.2, 0.25) is 5.91 Å². The molecule has 0 bridgehead atoms. The Morgan fingerprint density at radius 2 is 2.00 bits per heavy atom. The first-order valence-corrected chi connectivity index (χ1v) is 5.34. The largest absolute Gasteiger partial charge is 0.479 e. The van der Waals surface area contributed by atoms with Crippen LogP contribution in [-0.4, -0.2) is 40.8 Å². The first kappa shape index (κ1) is 14.9. The number of carboxylic acids is 1. The van der Waals surface area contributed by atoms with E-state index in [1.807, 2.05) is 13.8 Å². The van der Waals surface area contributed by atoms with Crippen molar-refractivity contribution in [1.82, 2.24) is 5.32 Å². The zero-order chi connectivity index (χ0) is 12.7. The van der Waals surface area contributed by atoms with Gasteiger partial charge in [-0.3, -0.25) is 4.79 Å². The molecule has 0 saturated heterocycles. The quantitative estimate of drug-likeness (QED) is 0.464. The smallest absolute Gasteiger partial charge is 0.332 e. The van der Waals surface area contributed by atoms with Crippen LogP contribution in [0.3, 0.4) is 0 Å². The van der Waals surface area contributed by atoms with Crippen LogP contribution in [0.5, 0.6) is 0 Å². The lowest BCUT2D eigenvalue weighted by molar-refractivity contribution is -0.147. The minimum atomic E-state index is -1.44. The van der Waals surface area contributed by atoms with Crippen LogP contribution in [0.1, 0.15) is 26.7 Å². The van der Waals surface area contributed by atoms with Crippen LogP contribution >= 0.6 is 0 Å². The average molecular weight is 232 g/mol. The van der Waals surface area contributed by atoms with Gasteiger partial charge in [0.05, 0.1) is 6.04 Å². The van der Waals surface area contributed by atoms with Gasteiger partial charge in [0.1, 0.15) is 0 Å². The van der Waals surface area contributed by atoms with Gasteiger partial charge in [-0.2, -0.15) is 0 Å². The van der Waals surface area contributed by atoms with Crippen LogP contribution in [-0.2, 0) is 9.59 Å². The predicted molar refractivity (Wildman–Crippen MR) is 58.7 cm³/mol. The van der Waals surface area contributed by atoms with Gasteiger partial charge in [-0.05, 0) is 5.92 Å². The Morgan fingerprint density at radius 1 is 1.44 bits per heavy atom. The Morgan fingerprint density at radius 3 is 2.44 bits per heavy atom. The number of hydrogen-bond donors (Lipinski definition) is 4. The van der Waals surface area contributed by atoms with E-state index < -0.39 is 18.1 Å². The maximum atomic E-state index is 11.4. The molecule has 5 N–H and O–H groups in total. The number of carbonyl (C=O) groups is 2. The minimum absolute atomic E-state index is 0.0195. The van der Waals surface area contributed by atoms with E-state index in [1.54, 1.807) is 0 Å². The Labute approximate surface area is 94.8 Å². The van der Waals surface area contributed by atoms with Gasteiger partial charge in [0, 0.05) is 13.0 Å². The van der Waals surface area contributed by atoms with Gasteiger partial charge in [-0.1, -0.05) is 20.3 Å². The number of carbonyl (C=O) groups excluding carboxylic acids is 1. The van der Waals surface area contributed by atoms with E-state index in [0.717, 1.165) is 6.42 Å². The molecule has 0 radical (unpaired) electrons. The SMILES string of the molecule is CCC(C)C(N)C(=O)NCC[C@H](O)C(=O)O. The minimum Gasteiger partial charge on any atom is -0.479 e. The third kappa shape index (κ3) is 5.09. The summed E-state index contributed by atoms with van der Waals surface area (Å²) < 4.78 is 0. The van der Waals surface area contributed by atoms with Crippen molar-refractivity contribution in [3.63, 3.8) is 0 Å². The van der Waals surface area contributed by atoms with Gasteiger partial charge < -0.3 is 21.3 Å². The second-order valence-electron chi connectivity index (χ2n) is 3.85. The summed E-state index contributed by atoms with van der Waals surface area (Å²) in [4.78, 5) is 21.7. The van der Waals surface area contributed by atoms with Crippen molar-refractivity contribution in [1.29, 1.82) is 0 Å². The van der Waals surface area contributed by atoms with E-state index in [-0.39, 0.29) is 24.8 Å². The summed E-state index contributed by atoms with van der Waals surface area (Å²) in [6, 6.07) is -0.591. The van der Waals surface area contributed by atoms with Crippen LogP contribution in [0.2, 0.25) is 0 Å². The molecule has 0 aliphatic heterocycles. The molecule has 0 aromatic rings. The number of aliphatic hydroxyl groups is 1. The van der Waals surface area contributed by atoms with E-state index in [0.29, 0.717) is 0 Å². The molecule has 0 aromatic carbocycles. The molecule has 16 heavy (non-hydrogen) atoms. The molecule has 0 rings (SSSR count).